The maximum atomic E-state index is 11.6. The topological polar surface area (TPSA) is 49.3 Å². The first-order valence-corrected chi connectivity index (χ1v) is 7.21. The van der Waals surface area contributed by atoms with Crippen molar-refractivity contribution in [1.82, 2.24) is 5.32 Å². The molecule has 19 heavy (non-hydrogen) atoms. The summed E-state index contributed by atoms with van der Waals surface area (Å²) in [7, 11) is 0. The lowest BCUT2D eigenvalue weighted by atomic mass is 10.1. The van der Waals surface area contributed by atoms with Crippen LogP contribution in [0.1, 0.15) is 51.0 Å². The van der Waals surface area contributed by atoms with Gasteiger partial charge in [-0.25, -0.2) is 0 Å². The van der Waals surface area contributed by atoms with Crippen molar-refractivity contribution in [1.29, 1.82) is 0 Å². The molecule has 1 aromatic rings. The van der Waals surface area contributed by atoms with Gasteiger partial charge in [0.2, 0.25) is 5.91 Å². The molecule has 0 fully saturated rings. The molecule has 2 N–H and O–H groups in total. The number of hydrogen-bond acceptors (Lipinski definition) is 2. The summed E-state index contributed by atoms with van der Waals surface area (Å²) in [6.45, 7) is 2.70. The van der Waals surface area contributed by atoms with E-state index < -0.39 is 0 Å². The molecule has 3 heteroatoms. The van der Waals surface area contributed by atoms with Crippen LogP contribution in [0, 0.1) is 0 Å². The van der Waals surface area contributed by atoms with Gasteiger partial charge in [0.05, 0.1) is 6.10 Å². The fraction of sp³-hybridized carbons (Fsp3) is 0.562. The molecule has 3 nitrogen and oxygen atoms in total. The van der Waals surface area contributed by atoms with Gasteiger partial charge in [0.1, 0.15) is 0 Å². The summed E-state index contributed by atoms with van der Waals surface area (Å²) in [5, 5.41) is 12.6. The lowest BCUT2D eigenvalue weighted by Crippen LogP contribution is -2.24. The van der Waals surface area contributed by atoms with Crippen molar-refractivity contribution >= 4 is 5.91 Å². The van der Waals surface area contributed by atoms with Crippen LogP contribution in [0.5, 0.6) is 0 Å². The summed E-state index contributed by atoms with van der Waals surface area (Å²) in [4.78, 5) is 11.6. The molecule has 0 saturated heterocycles. The third kappa shape index (κ3) is 7.62. The average Bonchev–Trinajstić information content (AvgIpc) is 2.44. The Morgan fingerprint density at radius 1 is 1.21 bits per heavy atom. The Morgan fingerprint density at radius 3 is 2.63 bits per heavy atom. The summed E-state index contributed by atoms with van der Waals surface area (Å²) in [6, 6.07) is 9.84. The number of aliphatic hydroxyl groups is 1. The second kappa shape index (κ2) is 9.56. The number of hydrogen-bond donors (Lipinski definition) is 2. The van der Waals surface area contributed by atoms with Crippen LogP contribution in [0.3, 0.4) is 0 Å². The highest BCUT2D eigenvalue weighted by Gasteiger charge is 2.07. The summed E-state index contributed by atoms with van der Waals surface area (Å²) in [6.07, 6.45) is 4.78. The van der Waals surface area contributed by atoms with E-state index in [1.54, 1.807) is 0 Å². The minimum atomic E-state index is -0.339. The van der Waals surface area contributed by atoms with Gasteiger partial charge < -0.3 is 10.4 Å². The first-order chi connectivity index (χ1) is 9.22. The van der Waals surface area contributed by atoms with Crippen molar-refractivity contribution in [3.8, 4) is 0 Å². The van der Waals surface area contributed by atoms with E-state index in [2.05, 4.69) is 12.2 Å². The molecule has 0 bridgehead atoms. The molecule has 0 aromatic heterocycles. The Kier molecular flexibility index (Phi) is 7.91. The van der Waals surface area contributed by atoms with Crippen LogP contribution in [0.4, 0.5) is 0 Å². The Balaban J connectivity index is 2.11. The maximum Gasteiger partial charge on any atom is 0.220 e. The minimum absolute atomic E-state index is 0.0124. The molecule has 0 radical (unpaired) electrons. The van der Waals surface area contributed by atoms with Crippen LogP contribution < -0.4 is 5.32 Å². The van der Waals surface area contributed by atoms with Crippen LogP contribution in [0.15, 0.2) is 30.3 Å². The smallest absolute Gasteiger partial charge is 0.220 e. The van der Waals surface area contributed by atoms with Crippen LogP contribution >= 0.6 is 0 Å². The van der Waals surface area contributed by atoms with E-state index in [9.17, 15) is 9.90 Å². The predicted octanol–water partition coefficient (Wildman–Crippen LogP) is 3.02. The number of carbonyl (C=O) groups excluding carboxylic acids is 1. The van der Waals surface area contributed by atoms with E-state index in [1.807, 2.05) is 30.3 Å². The molecule has 106 valence electrons. The van der Waals surface area contributed by atoms with Gasteiger partial charge in [-0.15, -0.1) is 0 Å². The van der Waals surface area contributed by atoms with E-state index in [0.717, 1.165) is 31.2 Å². The molecule has 0 heterocycles. The molecule has 0 aliphatic carbocycles. The van der Waals surface area contributed by atoms with Gasteiger partial charge in [-0.1, -0.05) is 56.5 Å². The van der Waals surface area contributed by atoms with Crippen molar-refractivity contribution < 1.29 is 9.90 Å². The number of unbranched alkanes of at least 4 members (excludes halogenated alkanes) is 2. The van der Waals surface area contributed by atoms with Crippen molar-refractivity contribution in [2.75, 3.05) is 0 Å². The summed E-state index contributed by atoms with van der Waals surface area (Å²) in [5.41, 5.74) is 1.10. The van der Waals surface area contributed by atoms with E-state index in [-0.39, 0.29) is 12.0 Å². The number of benzene rings is 1. The second-order valence-corrected chi connectivity index (χ2v) is 4.95. The van der Waals surface area contributed by atoms with Gasteiger partial charge in [0.15, 0.2) is 0 Å². The van der Waals surface area contributed by atoms with Gasteiger partial charge in [0.25, 0.3) is 0 Å². The van der Waals surface area contributed by atoms with Crippen LogP contribution in [-0.2, 0) is 11.3 Å². The number of carbonyl (C=O) groups is 1. The molecular formula is C16H25NO2. The molecule has 0 saturated carbocycles. The Hall–Kier alpha value is -1.35. The standard InChI is InChI=1S/C16H25NO2/c1-2-3-5-10-15(18)11-12-16(19)17-13-14-8-6-4-7-9-14/h4,6-9,15,18H,2-3,5,10-13H2,1H3,(H,17,19). The normalized spacial score (nSPS) is 12.1. The van der Waals surface area contributed by atoms with E-state index in [1.165, 1.54) is 0 Å². The minimum Gasteiger partial charge on any atom is -0.393 e. The first-order valence-electron chi connectivity index (χ1n) is 7.21. The molecule has 0 aliphatic heterocycles. The number of rotatable bonds is 9. The third-order valence-electron chi connectivity index (χ3n) is 3.18. The van der Waals surface area contributed by atoms with Crippen molar-refractivity contribution in [2.24, 2.45) is 0 Å². The summed E-state index contributed by atoms with van der Waals surface area (Å²) < 4.78 is 0. The number of aliphatic hydroxyl groups excluding tert-OH is 1. The number of amides is 1. The van der Waals surface area contributed by atoms with Crippen molar-refractivity contribution in [2.45, 2.75) is 58.1 Å². The van der Waals surface area contributed by atoms with E-state index in [4.69, 9.17) is 0 Å². The zero-order valence-electron chi connectivity index (χ0n) is 11.8. The summed E-state index contributed by atoms with van der Waals surface area (Å²) >= 11 is 0. The van der Waals surface area contributed by atoms with Gasteiger partial charge in [-0.05, 0) is 18.4 Å². The first kappa shape index (κ1) is 15.7. The molecular weight excluding hydrogens is 238 g/mol. The molecule has 1 unspecified atom stereocenters. The quantitative estimate of drug-likeness (QED) is 0.673. The zero-order chi connectivity index (χ0) is 13.9. The Bertz CT molecular complexity index is 351. The molecule has 0 aliphatic rings. The fourth-order valence-electron chi connectivity index (χ4n) is 1.96. The molecule has 1 rings (SSSR count). The molecule has 1 aromatic carbocycles. The van der Waals surface area contributed by atoms with Crippen LogP contribution in [0.25, 0.3) is 0 Å². The molecule has 1 atom stereocenters. The van der Waals surface area contributed by atoms with Crippen molar-refractivity contribution in [3.63, 3.8) is 0 Å². The maximum absolute atomic E-state index is 11.6. The Labute approximate surface area is 116 Å². The molecule has 1 amide bonds. The average molecular weight is 263 g/mol. The lowest BCUT2D eigenvalue weighted by Gasteiger charge is -2.10. The van der Waals surface area contributed by atoms with Crippen molar-refractivity contribution in [3.05, 3.63) is 35.9 Å². The lowest BCUT2D eigenvalue weighted by molar-refractivity contribution is -0.121. The van der Waals surface area contributed by atoms with Crippen LogP contribution in [0.2, 0.25) is 0 Å². The summed E-state index contributed by atoms with van der Waals surface area (Å²) in [5.74, 6) is 0.0124. The van der Waals surface area contributed by atoms with Gasteiger partial charge in [-0.2, -0.15) is 0 Å². The Morgan fingerprint density at radius 2 is 1.95 bits per heavy atom. The van der Waals surface area contributed by atoms with Crippen LogP contribution in [-0.4, -0.2) is 17.1 Å². The van der Waals surface area contributed by atoms with E-state index >= 15 is 0 Å². The largest absolute Gasteiger partial charge is 0.393 e. The second-order valence-electron chi connectivity index (χ2n) is 4.95. The number of nitrogens with one attached hydrogen (secondary N) is 1. The van der Waals surface area contributed by atoms with Gasteiger partial charge in [-0.3, -0.25) is 4.79 Å². The highest BCUT2D eigenvalue weighted by molar-refractivity contribution is 5.75. The van der Waals surface area contributed by atoms with Gasteiger partial charge in [0, 0.05) is 13.0 Å². The highest BCUT2D eigenvalue weighted by Crippen LogP contribution is 2.08. The van der Waals surface area contributed by atoms with E-state index in [0.29, 0.717) is 19.4 Å². The fourth-order valence-corrected chi connectivity index (χ4v) is 1.96. The third-order valence-corrected chi connectivity index (χ3v) is 3.18. The zero-order valence-corrected chi connectivity index (χ0v) is 11.8. The predicted molar refractivity (Wildman–Crippen MR) is 77.7 cm³/mol. The SMILES string of the molecule is CCCCCC(O)CCC(=O)NCc1ccccc1. The van der Waals surface area contributed by atoms with Gasteiger partial charge >= 0.3 is 0 Å². The highest BCUT2D eigenvalue weighted by atomic mass is 16.3. The molecule has 0 spiro atoms. The monoisotopic (exact) mass is 263 g/mol.